The second-order valence-corrected chi connectivity index (χ2v) is 6.40. The summed E-state index contributed by atoms with van der Waals surface area (Å²) in [5.74, 6) is 1.14. The van der Waals surface area contributed by atoms with Gasteiger partial charge in [0.25, 0.3) is 0 Å². The fourth-order valence-corrected chi connectivity index (χ4v) is 2.14. The van der Waals surface area contributed by atoms with Gasteiger partial charge in [0.15, 0.2) is 5.75 Å². The van der Waals surface area contributed by atoms with Crippen LogP contribution in [0.15, 0.2) is 35.1 Å². The molecule has 0 bridgehead atoms. The molecule has 0 aliphatic carbocycles. The predicted octanol–water partition coefficient (Wildman–Crippen LogP) is 4.43. The fraction of sp³-hybridized carbons (Fsp3) is 0.333. The van der Waals surface area contributed by atoms with Crippen LogP contribution in [0, 0.1) is 5.92 Å². The molecule has 0 aliphatic rings. The van der Waals surface area contributed by atoms with Crippen LogP contribution >= 0.6 is 27.5 Å². The molecule has 1 aromatic heterocycles. The van der Waals surface area contributed by atoms with Crippen LogP contribution in [0.1, 0.15) is 19.4 Å². The summed E-state index contributed by atoms with van der Waals surface area (Å²) >= 11 is 9.44. The first-order valence-corrected chi connectivity index (χ1v) is 7.86. The average molecular weight is 371 g/mol. The number of rotatable bonds is 6. The molecule has 0 unspecified atom stereocenters. The molecule has 0 spiro atoms. The molecule has 1 N–H and O–H groups in total. The predicted molar refractivity (Wildman–Crippen MR) is 87.8 cm³/mol. The second kappa shape index (κ2) is 7.73. The Morgan fingerprint density at radius 2 is 2.00 bits per heavy atom. The van der Waals surface area contributed by atoms with Gasteiger partial charge in [0, 0.05) is 29.0 Å². The molecule has 1 aromatic carbocycles. The van der Waals surface area contributed by atoms with Crippen molar-refractivity contribution in [3.63, 3.8) is 0 Å². The van der Waals surface area contributed by atoms with Gasteiger partial charge in [0.1, 0.15) is 0 Å². The molecule has 2 aromatic rings. The molecule has 0 atom stereocenters. The quantitative estimate of drug-likeness (QED) is 0.817. The van der Waals surface area contributed by atoms with E-state index in [0.717, 1.165) is 23.1 Å². The number of hydrogen-bond donors (Lipinski definition) is 1. The molecule has 112 valence electrons. The van der Waals surface area contributed by atoms with E-state index < -0.39 is 0 Å². The summed E-state index contributed by atoms with van der Waals surface area (Å²) in [6, 6.07) is 5.66. The van der Waals surface area contributed by atoms with Crippen LogP contribution < -0.4 is 10.1 Å². The van der Waals surface area contributed by atoms with Crippen LogP contribution in [-0.4, -0.2) is 16.5 Å². The second-order valence-electron chi connectivity index (χ2n) is 5.08. The van der Waals surface area contributed by atoms with Crippen LogP contribution in [0.3, 0.4) is 0 Å². The smallest absolute Gasteiger partial charge is 0.321 e. The zero-order valence-corrected chi connectivity index (χ0v) is 14.3. The number of benzene rings is 1. The van der Waals surface area contributed by atoms with E-state index in [-0.39, 0.29) is 6.01 Å². The van der Waals surface area contributed by atoms with E-state index in [2.05, 4.69) is 45.1 Å². The lowest BCUT2D eigenvalue weighted by Crippen LogP contribution is -2.19. The monoisotopic (exact) mass is 369 g/mol. The average Bonchev–Trinajstić information content (AvgIpc) is 2.44. The van der Waals surface area contributed by atoms with Crippen molar-refractivity contribution >= 4 is 27.5 Å². The SMILES string of the molecule is CC(C)CNCc1cnc(Oc2cc(Br)ccc2Cl)nc1. The maximum Gasteiger partial charge on any atom is 0.321 e. The summed E-state index contributed by atoms with van der Waals surface area (Å²) in [6.45, 7) is 6.05. The lowest BCUT2D eigenvalue weighted by atomic mass is 10.2. The molecular weight excluding hydrogens is 354 g/mol. The van der Waals surface area contributed by atoms with Crippen molar-refractivity contribution < 1.29 is 4.74 Å². The van der Waals surface area contributed by atoms with Crippen molar-refractivity contribution in [3.8, 4) is 11.8 Å². The maximum absolute atomic E-state index is 6.06. The van der Waals surface area contributed by atoms with E-state index in [4.69, 9.17) is 16.3 Å². The maximum atomic E-state index is 6.06. The number of nitrogens with zero attached hydrogens (tertiary/aromatic N) is 2. The third-order valence-corrected chi connectivity index (χ3v) is 3.46. The Labute approximate surface area is 138 Å². The molecule has 0 saturated carbocycles. The van der Waals surface area contributed by atoms with E-state index in [1.54, 1.807) is 24.5 Å². The zero-order chi connectivity index (χ0) is 15.2. The first-order chi connectivity index (χ1) is 10.0. The summed E-state index contributed by atoms with van der Waals surface area (Å²) in [5.41, 5.74) is 1.02. The number of nitrogens with one attached hydrogen (secondary N) is 1. The van der Waals surface area contributed by atoms with Crippen LogP contribution in [0.2, 0.25) is 5.02 Å². The van der Waals surface area contributed by atoms with Gasteiger partial charge < -0.3 is 10.1 Å². The third kappa shape index (κ3) is 5.26. The Morgan fingerprint density at radius 3 is 2.67 bits per heavy atom. The number of ether oxygens (including phenoxy) is 1. The molecule has 0 fully saturated rings. The van der Waals surface area contributed by atoms with E-state index in [9.17, 15) is 0 Å². The van der Waals surface area contributed by atoms with E-state index in [0.29, 0.717) is 16.7 Å². The molecule has 21 heavy (non-hydrogen) atoms. The Morgan fingerprint density at radius 1 is 1.29 bits per heavy atom. The van der Waals surface area contributed by atoms with Gasteiger partial charge in [-0.05, 0) is 30.7 Å². The third-order valence-electron chi connectivity index (χ3n) is 2.66. The van der Waals surface area contributed by atoms with Crippen LogP contribution in [0.5, 0.6) is 11.8 Å². The summed E-state index contributed by atoms with van der Waals surface area (Å²) < 4.78 is 6.47. The first-order valence-electron chi connectivity index (χ1n) is 6.69. The topological polar surface area (TPSA) is 47.0 Å². The van der Waals surface area contributed by atoms with Gasteiger partial charge in [-0.1, -0.05) is 41.4 Å². The molecule has 0 aliphatic heterocycles. The highest BCUT2D eigenvalue weighted by Gasteiger charge is 2.06. The molecule has 2 rings (SSSR count). The van der Waals surface area contributed by atoms with Gasteiger partial charge in [-0.15, -0.1) is 0 Å². The van der Waals surface area contributed by atoms with E-state index in [1.165, 1.54) is 0 Å². The van der Waals surface area contributed by atoms with Gasteiger partial charge in [-0.25, -0.2) is 9.97 Å². The summed E-state index contributed by atoms with van der Waals surface area (Å²) in [5, 5.41) is 3.86. The van der Waals surface area contributed by atoms with Gasteiger partial charge >= 0.3 is 6.01 Å². The fourth-order valence-electron chi connectivity index (χ4n) is 1.65. The molecule has 6 heteroatoms. The van der Waals surface area contributed by atoms with Crippen molar-refractivity contribution in [1.82, 2.24) is 15.3 Å². The van der Waals surface area contributed by atoms with Crippen molar-refractivity contribution in [2.75, 3.05) is 6.54 Å². The largest absolute Gasteiger partial charge is 0.423 e. The minimum atomic E-state index is 0.280. The minimum Gasteiger partial charge on any atom is -0.423 e. The number of aromatic nitrogens is 2. The van der Waals surface area contributed by atoms with Gasteiger partial charge in [0.05, 0.1) is 5.02 Å². The number of halogens is 2. The van der Waals surface area contributed by atoms with Gasteiger partial charge in [-0.3, -0.25) is 0 Å². The minimum absolute atomic E-state index is 0.280. The number of hydrogen-bond acceptors (Lipinski definition) is 4. The van der Waals surface area contributed by atoms with Gasteiger partial charge in [-0.2, -0.15) is 0 Å². The van der Waals surface area contributed by atoms with Crippen LogP contribution in [0.25, 0.3) is 0 Å². The van der Waals surface area contributed by atoms with Crippen LogP contribution in [-0.2, 0) is 6.54 Å². The molecule has 0 radical (unpaired) electrons. The van der Waals surface area contributed by atoms with Crippen LogP contribution in [0.4, 0.5) is 0 Å². The molecule has 0 saturated heterocycles. The van der Waals surface area contributed by atoms with Crippen molar-refractivity contribution in [1.29, 1.82) is 0 Å². The molecular formula is C15H17BrClN3O. The van der Waals surface area contributed by atoms with E-state index in [1.807, 2.05) is 6.07 Å². The highest BCUT2D eigenvalue weighted by atomic mass is 79.9. The normalized spacial score (nSPS) is 10.9. The Hall–Kier alpha value is -1.17. The van der Waals surface area contributed by atoms with E-state index >= 15 is 0 Å². The molecule has 0 amide bonds. The van der Waals surface area contributed by atoms with Crippen molar-refractivity contribution in [2.45, 2.75) is 20.4 Å². The summed E-state index contributed by atoms with van der Waals surface area (Å²) in [7, 11) is 0. The van der Waals surface area contributed by atoms with Crippen molar-refractivity contribution in [3.05, 3.63) is 45.7 Å². The van der Waals surface area contributed by atoms with Gasteiger partial charge in [0.2, 0.25) is 0 Å². The Balaban J connectivity index is 1.97. The summed E-state index contributed by atoms with van der Waals surface area (Å²) in [4.78, 5) is 8.39. The standard InChI is InChI=1S/C15H17BrClN3O/c1-10(2)6-18-7-11-8-19-15(20-9-11)21-14-5-12(16)3-4-13(14)17/h3-5,8-10,18H,6-7H2,1-2H3. The summed E-state index contributed by atoms with van der Waals surface area (Å²) in [6.07, 6.45) is 3.50. The Kier molecular flexibility index (Phi) is 5.96. The van der Waals surface area contributed by atoms with Crippen molar-refractivity contribution in [2.24, 2.45) is 5.92 Å². The molecule has 1 heterocycles. The highest BCUT2D eigenvalue weighted by molar-refractivity contribution is 9.10. The lowest BCUT2D eigenvalue weighted by Gasteiger charge is -2.08. The highest BCUT2D eigenvalue weighted by Crippen LogP contribution is 2.30. The Bertz CT molecular complexity index is 590. The zero-order valence-electron chi connectivity index (χ0n) is 11.9. The molecule has 4 nitrogen and oxygen atoms in total. The first kappa shape index (κ1) is 16.2. The lowest BCUT2D eigenvalue weighted by molar-refractivity contribution is 0.440.